The molecule has 1 aliphatic rings. The van der Waals surface area contributed by atoms with Gasteiger partial charge in [-0.15, -0.1) is 0 Å². The summed E-state index contributed by atoms with van der Waals surface area (Å²) in [7, 11) is 0. The lowest BCUT2D eigenvalue weighted by atomic mass is 10.3. The lowest BCUT2D eigenvalue weighted by molar-refractivity contribution is 0.0455. The van der Waals surface area contributed by atoms with Crippen molar-refractivity contribution in [2.24, 2.45) is 0 Å². The molecule has 0 saturated carbocycles. The van der Waals surface area contributed by atoms with E-state index in [1.54, 1.807) is 11.8 Å². The summed E-state index contributed by atoms with van der Waals surface area (Å²) in [6.07, 6.45) is 0. The maximum absolute atomic E-state index is 5.79. The van der Waals surface area contributed by atoms with E-state index in [4.69, 9.17) is 10.5 Å². The van der Waals surface area contributed by atoms with Crippen molar-refractivity contribution in [2.75, 3.05) is 18.9 Å². The summed E-state index contributed by atoms with van der Waals surface area (Å²) >= 11 is 1.71. The summed E-state index contributed by atoms with van der Waals surface area (Å²) < 4.78 is 5.09. The smallest absolute Gasteiger partial charge is 0.120 e. The molecule has 1 fully saturated rings. The van der Waals surface area contributed by atoms with Gasteiger partial charge in [0, 0.05) is 5.69 Å². The van der Waals surface area contributed by atoms with Gasteiger partial charge in [0.25, 0.3) is 0 Å². The maximum atomic E-state index is 5.79. The van der Waals surface area contributed by atoms with Crippen LogP contribution in [0.15, 0.2) is 17.2 Å². The first kappa shape index (κ1) is 8.84. The number of thioether (sulfide) groups is 1. The molecule has 0 spiro atoms. The highest BCUT2D eigenvalue weighted by Crippen LogP contribution is 2.30. The molecular weight excluding hydrogens is 184 g/mol. The van der Waals surface area contributed by atoms with Gasteiger partial charge in [-0.1, -0.05) is 11.8 Å². The van der Waals surface area contributed by atoms with Crippen molar-refractivity contribution in [3.8, 4) is 0 Å². The van der Waals surface area contributed by atoms with Crippen LogP contribution in [0.2, 0.25) is 0 Å². The number of hydrogen-bond donors (Lipinski definition) is 1. The average Bonchev–Trinajstić information content (AvgIpc) is 2.03. The molecule has 1 saturated heterocycles. The Bertz CT molecular complexity index is 312. The van der Waals surface area contributed by atoms with Crippen molar-refractivity contribution in [1.29, 1.82) is 0 Å². The number of aryl methyl sites for hydroxylation is 1. The predicted octanol–water partition coefficient (Wildman–Crippen LogP) is 1.46. The van der Waals surface area contributed by atoms with Gasteiger partial charge in [-0.05, 0) is 19.1 Å². The maximum Gasteiger partial charge on any atom is 0.120 e. The summed E-state index contributed by atoms with van der Waals surface area (Å²) in [4.78, 5) is 4.38. The molecule has 1 aromatic heterocycles. The van der Waals surface area contributed by atoms with Gasteiger partial charge in [-0.2, -0.15) is 0 Å². The van der Waals surface area contributed by atoms with Crippen LogP contribution >= 0.6 is 11.8 Å². The van der Waals surface area contributed by atoms with Crippen LogP contribution in [0, 0.1) is 6.92 Å². The van der Waals surface area contributed by atoms with Crippen molar-refractivity contribution in [1.82, 2.24) is 4.98 Å². The molecule has 0 atom stereocenters. The molecule has 1 aromatic rings. The monoisotopic (exact) mass is 196 g/mol. The molecule has 4 heteroatoms. The van der Waals surface area contributed by atoms with Crippen molar-refractivity contribution in [3.63, 3.8) is 0 Å². The van der Waals surface area contributed by atoms with E-state index in [-0.39, 0.29) is 0 Å². The molecule has 13 heavy (non-hydrogen) atoms. The summed E-state index contributed by atoms with van der Waals surface area (Å²) in [6, 6.07) is 3.83. The molecule has 70 valence electrons. The number of anilines is 1. The molecule has 2 rings (SSSR count). The lowest BCUT2D eigenvalue weighted by Crippen LogP contribution is -2.30. The normalized spacial score (nSPS) is 17.0. The highest BCUT2D eigenvalue weighted by atomic mass is 32.2. The number of rotatable bonds is 2. The molecule has 0 amide bonds. The van der Waals surface area contributed by atoms with Gasteiger partial charge in [0.1, 0.15) is 5.03 Å². The first-order valence-electron chi connectivity index (χ1n) is 4.23. The minimum Gasteiger partial charge on any atom is -0.397 e. The first-order valence-corrected chi connectivity index (χ1v) is 5.11. The zero-order chi connectivity index (χ0) is 9.26. The summed E-state index contributed by atoms with van der Waals surface area (Å²) in [5.41, 5.74) is 7.57. The van der Waals surface area contributed by atoms with E-state index in [1.165, 1.54) is 0 Å². The first-order chi connectivity index (χ1) is 6.25. The van der Waals surface area contributed by atoms with Gasteiger partial charge in [0.15, 0.2) is 0 Å². The highest BCUT2D eigenvalue weighted by molar-refractivity contribution is 8.00. The van der Waals surface area contributed by atoms with Crippen LogP contribution in [-0.2, 0) is 4.74 Å². The zero-order valence-electron chi connectivity index (χ0n) is 7.49. The molecule has 0 aliphatic carbocycles. The third-order valence-electron chi connectivity index (χ3n) is 1.91. The van der Waals surface area contributed by atoms with Crippen molar-refractivity contribution in [3.05, 3.63) is 17.8 Å². The van der Waals surface area contributed by atoms with Gasteiger partial charge in [-0.3, -0.25) is 0 Å². The number of nitrogens with zero attached hydrogens (tertiary/aromatic N) is 1. The van der Waals surface area contributed by atoms with E-state index in [9.17, 15) is 0 Å². The van der Waals surface area contributed by atoms with Gasteiger partial charge in [-0.25, -0.2) is 4.98 Å². The molecule has 0 bridgehead atoms. The van der Waals surface area contributed by atoms with E-state index in [2.05, 4.69) is 4.98 Å². The molecule has 2 heterocycles. The Balaban J connectivity index is 2.13. The number of hydrogen-bond acceptors (Lipinski definition) is 4. The molecule has 1 aliphatic heterocycles. The van der Waals surface area contributed by atoms with Crippen LogP contribution in [0.4, 0.5) is 5.69 Å². The number of ether oxygens (including phenoxy) is 1. The molecule has 3 nitrogen and oxygen atoms in total. The predicted molar refractivity (Wildman–Crippen MR) is 53.9 cm³/mol. The Morgan fingerprint density at radius 2 is 2.31 bits per heavy atom. The molecule has 0 aromatic carbocycles. The van der Waals surface area contributed by atoms with Crippen LogP contribution < -0.4 is 5.73 Å². The molecule has 2 N–H and O–H groups in total. The SMILES string of the molecule is Cc1ccc(N)c(SC2COC2)n1. The summed E-state index contributed by atoms with van der Waals surface area (Å²) in [6.45, 7) is 3.61. The topological polar surface area (TPSA) is 48.1 Å². The average molecular weight is 196 g/mol. The molecular formula is C9H12N2OS. The largest absolute Gasteiger partial charge is 0.397 e. The van der Waals surface area contributed by atoms with Gasteiger partial charge in [0.2, 0.25) is 0 Å². The summed E-state index contributed by atoms with van der Waals surface area (Å²) in [5, 5.41) is 1.48. The van der Waals surface area contributed by atoms with E-state index in [1.807, 2.05) is 19.1 Å². The third-order valence-corrected chi connectivity index (χ3v) is 3.07. The van der Waals surface area contributed by atoms with Gasteiger partial charge >= 0.3 is 0 Å². The Morgan fingerprint density at radius 1 is 1.54 bits per heavy atom. The van der Waals surface area contributed by atoms with Crippen molar-refractivity contribution >= 4 is 17.4 Å². The standard InChI is InChI=1S/C9H12N2OS/c1-6-2-3-8(10)9(11-6)13-7-4-12-5-7/h2-3,7H,4-5,10H2,1H3. The van der Waals surface area contributed by atoms with Gasteiger partial charge in [0.05, 0.1) is 24.2 Å². The van der Waals surface area contributed by atoms with Crippen LogP contribution in [0.1, 0.15) is 5.69 Å². The number of nitrogens with two attached hydrogens (primary N) is 1. The highest BCUT2D eigenvalue weighted by Gasteiger charge is 2.21. The van der Waals surface area contributed by atoms with Crippen molar-refractivity contribution in [2.45, 2.75) is 17.2 Å². The second kappa shape index (κ2) is 3.55. The zero-order valence-corrected chi connectivity index (χ0v) is 8.30. The fraction of sp³-hybridized carbons (Fsp3) is 0.444. The minimum absolute atomic E-state index is 0.539. The summed E-state index contributed by atoms with van der Waals surface area (Å²) in [5.74, 6) is 0. The van der Waals surface area contributed by atoms with Crippen LogP contribution in [0.3, 0.4) is 0 Å². The minimum atomic E-state index is 0.539. The Hall–Kier alpha value is -0.740. The number of pyridine rings is 1. The third kappa shape index (κ3) is 1.95. The van der Waals surface area contributed by atoms with Crippen LogP contribution in [-0.4, -0.2) is 23.4 Å². The number of nitrogen functional groups attached to an aromatic ring is 1. The van der Waals surface area contributed by atoms with E-state index >= 15 is 0 Å². The fourth-order valence-corrected chi connectivity index (χ4v) is 2.12. The fourth-order valence-electron chi connectivity index (χ4n) is 1.08. The van der Waals surface area contributed by atoms with E-state index in [0.29, 0.717) is 5.25 Å². The Kier molecular flexibility index (Phi) is 2.42. The van der Waals surface area contributed by atoms with Crippen LogP contribution in [0.5, 0.6) is 0 Å². The van der Waals surface area contributed by atoms with Crippen LogP contribution in [0.25, 0.3) is 0 Å². The second-order valence-corrected chi connectivity index (χ2v) is 4.41. The van der Waals surface area contributed by atoms with Gasteiger partial charge < -0.3 is 10.5 Å². The second-order valence-electron chi connectivity index (χ2n) is 3.12. The van der Waals surface area contributed by atoms with Crippen molar-refractivity contribution < 1.29 is 4.74 Å². The lowest BCUT2D eigenvalue weighted by Gasteiger charge is -2.25. The molecule has 0 radical (unpaired) electrons. The number of aromatic nitrogens is 1. The Morgan fingerprint density at radius 3 is 2.92 bits per heavy atom. The quantitative estimate of drug-likeness (QED) is 0.778. The van der Waals surface area contributed by atoms with E-state index in [0.717, 1.165) is 29.6 Å². The Labute approximate surface area is 81.7 Å². The van der Waals surface area contributed by atoms with E-state index < -0.39 is 0 Å². The molecule has 0 unspecified atom stereocenters.